The molecule has 4 heteroatoms. The summed E-state index contributed by atoms with van der Waals surface area (Å²) < 4.78 is 11.5. The van der Waals surface area contributed by atoms with Gasteiger partial charge in [-0.15, -0.1) is 13.2 Å². The van der Waals surface area contributed by atoms with Crippen LogP contribution in [0, 0.1) is 5.92 Å². The Morgan fingerprint density at radius 3 is 2.47 bits per heavy atom. The molecule has 0 bridgehead atoms. The van der Waals surface area contributed by atoms with Gasteiger partial charge in [-0.3, -0.25) is 9.69 Å². The Morgan fingerprint density at radius 2 is 1.89 bits per heavy atom. The SMILES string of the molecule is C=CCN(CC=C)CC1CC2(CCC1=O)OCCO2. The van der Waals surface area contributed by atoms with Crippen LogP contribution in [-0.2, 0) is 14.3 Å². The second kappa shape index (κ2) is 6.46. The summed E-state index contributed by atoms with van der Waals surface area (Å²) in [5.41, 5.74) is 0. The Bertz CT molecular complexity index is 337. The standard InChI is InChI=1S/C15H23NO3/c1-3-7-16(8-4-2)12-13-11-15(6-5-14(13)17)18-9-10-19-15/h3-4,13H,1-2,5-12H2. The average Bonchev–Trinajstić information content (AvgIpc) is 2.83. The van der Waals surface area contributed by atoms with Gasteiger partial charge in [0.2, 0.25) is 0 Å². The molecule has 2 aliphatic rings. The van der Waals surface area contributed by atoms with Crippen molar-refractivity contribution >= 4 is 5.78 Å². The first-order valence-corrected chi connectivity index (χ1v) is 6.94. The van der Waals surface area contributed by atoms with Gasteiger partial charge in [-0.25, -0.2) is 0 Å². The van der Waals surface area contributed by atoms with Gasteiger partial charge in [0.1, 0.15) is 5.78 Å². The van der Waals surface area contributed by atoms with Crippen molar-refractivity contribution in [3.63, 3.8) is 0 Å². The molecule has 19 heavy (non-hydrogen) atoms. The van der Waals surface area contributed by atoms with E-state index in [1.54, 1.807) is 0 Å². The van der Waals surface area contributed by atoms with E-state index in [0.29, 0.717) is 38.3 Å². The van der Waals surface area contributed by atoms with E-state index in [2.05, 4.69) is 18.1 Å². The van der Waals surface area contributed by atoms with Crippen molar-refractivity contribution in [2.24, 2.45) is 5.92 Å². The lowest BCUT2D eigenvalue weighted by Gasteiger charge is -2.37. The topological polar surface area (TPSA) is 38.8 Å². The van der Waals surface area contributed by atoms with Gasteiger partial charge in [0.05, 0.1) is 13.2 Å². The smallest absolute Gasteiger partial charge is 0.169 e. The zero-order valence-electron chi connectivity index (χ0n) is 11.5. The lowest BCUT2D eigenvalue weighted by Crippen LogP contribution is -2.45. The molecule has 1 unspecified atom stereocenters. The van der Waals surface area contributed by atoms with E-state index in [9.17, 15) is 4.79 Å². The van der Waals surface area contributed by atoms with Crippen molar-refractivity contribution < 1.29 is 14.3 Å². The molecule has 0 amide bonds. The normalized spacial score (nSPS) is 25.9. The van der Waals surface area contributed by atoms with E-state index in [1.165, 1.54) is 0 Å². The number of nitrogens with zero attached hydrogens (tertiary/aromatic N) is 1. The third-order valence-corrected chi connectivity index (χ3v) is 3.83. The van der Waals surface area contributed by atoms with Crippen molar-refractivity contribution in [2.45, 2.75) is 25.0 Å². The molecule has 1 atom stereocenters. The van der Waals surface area contributed by atoms with E-state index in [4.69, 9.17) is 9.47 Å². The maximum atomic E-state index is 12.1. The predicted molar refractivity (Wildman–Crippen MR) is 73.8 cm³/mol. The van der Waals surface area contributed by atoms with E-state index in [-0.39, 0.29) is 5.92 Å². The zero-order valence-corrected chi connectivity index (χ0v) is 11.5. The minimum atomic E-state index is -0.493. The molecule has 0 aromatic carbocycles. The molecule has 2 fully saturated rings. The van der Waals surface area contributed by atoms with Gasteiger partial charge in [0.25, 0.3) is 0 Å². The second-order valence-corrected chi connectivity index (χ2v) is 5.27. The number of Topliss-reactive ketones (excluding diaryl/α,β-unsaturated/α-hetero) is 1. The average molecular weight is 265 g/mol. The largest absolute Gasteiger partial charge is 0.347 e. The summed E-state index contributed by atoms with van der Waals surface area (Å²) in [5, 5.41) is 0. The molecular formula is C15H23NO3. The van der Waals surface area contributed by atoms with Crippen LogP contribution in [0.4, 0.5) is 0 Å². The molecule has 2 rings (SSSR count). The second-order valence-electron chi connectivity index (χ2n) is 5.27. The fourth-order valence-corrected chi connectivity index (χ4v) is 2.94. The number of carbonyl (C=O) groups excluding carboxylic acids is 1. The molecule has 4 nitrogen and oxygen atoms in total. The molecule has 1 spiro atoms. The molecule has 1 aliphatic carbocycles. The maximum Gasteiger partial charge on any atom is 0.169 e. The summed E-state index contributed by atoms with van der Waals surface area (Å²) in [5.74, 6) is -0.179. The predicted octanol–water partition coefficient (Wildman–Crippen LogP) is 1.77. The summed E-state index contributed by atoms with van der Waals surface area (Å²) in [6, 6.07) is 0. The van der Waals surface area contributed by atoms with E-state index >= 15 is 0 Å². The number of carbonyl (C=O) groups is 1. The molecule has 1 aliphatic heterocycles. The third-order valence-electron chi connectivity index (χ3n) is 3.83. The van der Waals surface area contributed by atoms with Crippen LogP contribution in [0.15, 0.2) is 25.3 Å². The molecule has 1 saturated carbocycles. The fraction of sp³-hybridized carbons (Fsp3) is 0.667. The lowest BCUT2D eigenvalue weighted by molar-refractivity contribution is -0.190. The molecule has 0 radical (unpaired) electrons. The van der Waals surface area contributed by atoms with E-state index < -0.39 is 5.79 Å². The van der Waals surface area contributed by atoms with Crippen molar-refractivity contribution in [3.05, 3.63) is 25.3 Å². The zero-order chi connectivity index (χ0) is 13.7. The number of hydrogen-bond acceptors (Lipinski definition) is 4. The minimum Gasteiger partial charge on any atom is -0.347 e. The summed E-state index contributed by atoms with van der Waals surface area (Å²) in [6.45, 7) is 11.1. The molecule has 0 N–H and O–H groups in total. The third kappa shape index (κ3) is 3.53. The van der Waals surface area contributed by atoms with Gasteiger partial charge in [0, 0.05) is 44.8 Å². The van der Waals surface area contributed by atoms with Gasteiger partial charge < -0.3 is 9.47 Å². The molecule has 106 valence electrons. The number of hydrogen-bond donors (Lipinski definition) is 0. The van der Waals surface area contributed by atoms with Crippen molar-refractivity contribution in [2.75, 3.05) is 32.8 Å². The van der Waals surface area contributed by atoms with Crippen molar-refractivity contribution in [1.82, 2.24) is 4.90 Å². The molecule has 0 aromatic heterocycles. The van der Waals surface area contributed by atoms with Crippen LogP contribution in [0.5, 0.6) is 0 Å². The molecule has 1 saturated heterocycles. The van der Waals surface area contributed by atoms with Gasteiger partial charge in [0.15, 0.2) is 5.79 Å². The first-order valence-electron chi connectivity index (χ1n) is 6.94. The van der Waals surface area contributed by atoms with Gasteiger partial charge in [-0.2, -0.15) is 0 Å². The summed E-state index contributed by atoms with van der Waals surface area (Å²) in [7, 11) is 0. The van der Waals surface area contributed by atoms with Gasteiger partial charge in [-0.05, 0) is 0 Å². The Kier molecular flexibility index (Phi) is 4.91. The Morgan fingerprint density at radius 1 is 1.26 bits per heavy atom. The van der Waals surface area contributed by atoms with Crippen LogP contribution in [0.2, 0.25) is 0 Å². The summed E-state index contributed by atoms with van der Waals surface area (Å²) >= 11 is 0. The Labute approximate surface area is 115 Å². The van der Waals surface area contributed by atoms with Crippen LogP contribution in [-0.4, -0.2) is 49.3 Å². The van der Waals surface area contributed by atoms with E-state index in [1.807, 2.05) is 12.2 Å². The number of ether oxygens (including phenoxy) is 2. The van der Waals surface area contributed by atoms with Gasteiger partial charge >= 0.3 is 0 Å². The fourth-order valence-electron chi connectivity index (χ4n) is 2.94. The quantitative estimate of drug-likeness (QED) is 0.686. The highest BCUT2D eigenvalue weighted by atomic mass is 16.7. The van der Waals surface area contributed by atoms with Crippen LogP contribution in [0.25, 0.3) is 0 Å². The van der Waals surface area contributed by atoms with Crippen molar-refractivity contribution in [1.29, 1.82) is 0 Å². The minimum absolute atomic E-state index is 0.00764. The Hall–Kier alpha value is -0.970. The molecule has 0 aromatic rings. The highest BCUT2D eigenvalue weighted by Crippen LogP contribution is 2.37. The lowest BCUT2D eigenvalue weighted by atomic mass is 9.83. The van der Waals surface area contributed by atoms with Crippen LogP contribution in [0.3, 0.4) is 0 Å². The maximum absolute atomic E-state index is 12.1. The monoisotopic (exact) mass is 265 g/mol. The van der Waals surface area contributed by atoms with Gasteiger partial charge in [-0.1, -0.05) is 12.2 Å². The summed E-state index contributed by atoms with van der Waals surface area (Å²) in [6.07, 6.45) is 5.65. The Balaban J connectivity index is 1.97. The van der Waals surface area contributed by atoms with Crippen LogP contribution in [0.1, 0.15) is 19.3 Å². The highest BCUT2D eigenvalue weighted by molar-refractivity contribution is 5.82. The highest BCUT2D eigenvalue weighted by Gasteiger charge is 2.44. The number of ketones is 1. The summed E-state index contributed by atoms with van der Waals surface area (Å²) in [4.78, 5) is 14.3. The van der Waals surface area contributed by atoms with Crippen molar-refractivity contribution in [3.8, 4) is 0 Å². The van der Waals surface area contributed by atoms with Crippen LogP contribution < -0.4 is 0 Å². The molecule has 1 heterocycles. The van der Waals surface area contributed by atoms with E-state index in [0.717, 1.165) is 19.6 Å². The first-order chi connectivity index (χ1) is 9.19. The number of rotatable bonds is 6. The van der Waals surface area contributed by atoms with Crippen LogP contribution >= 0.6 is 0 Å². The first kappa shape index (κ1) is 14.4. The molecular weight excluding hydrogens is 242 g/mol.